The van der Waals surface area contributed by atoms with E-state index in [1.165, 1.54) is 25.6 Å². The number of hydrogen-bond acceptors (Lipinski definition) is 3. The molecule has 8 rings (SSSR count). The van der Waals surface area contributed by atoms with Crippen LogP contribution in [-0.2, 0) is 0 Å². The van der Waals surface area contributed by atoms with Gasteiger partial charge in [0.2, 0.25) is 0 Å². The van der Waals surface area contributed by atoms with Crippen LogP contribution in [0.1, 0.15) is 0 Å². The number of fused-ring (bicyclic) bond motifs is 7. The summed E-state index contributed by atoms with van der Waals surface area (Å²) >= 11 is 1.84. The average molecular weight is 492 g/mol. The monoisotopic (exact) mass is 491 g/mol. The number of thiophene rings is 1. The number of benzene rings is 6. The summed E-state index contributed by atoms with van der Waals surface area (Å²) in [7, 11) is 0. The lowest BCUT2D eigenvalue weighted by molar-refractivity contribution is 0.669. The van der Waals surface area contributed by atoms with Gasteiger partial charge in [-0.2, -0.15) is 0 Å². The third-order valence-electron chi connectivity index (χ3n) is 7.22. The molecule has 2 heterocycles. The van der Waals surface area contributed by atoms with Crippen LogP contribution in [0.3, 0.4) is 0 Å². The van der Waals surface area contributed by atoms with Crippen LogP contribution in [0, 0.1) is 0 Å². The normalized spacial score (nSPS) is 11.8. The molecule has 0 saturated heterocycles. The Hall–Kier alpha value is -4.60. The Bertz CT molecular complexity index is 2100. The van der Waals surface area contributed by atoms with E-state index in [1.54, 1.807) is 0 Å². The molecule has 0 radical (unpaired) electrons. The van der Waals surface area contributed by atoms with Gasteiger partial charge >= 0.3 is 0 Å². The second-order valence-corrected chi connectivity index (χ2v) is 10.4. The van der Waals surface area contributed by atoms with Crippen molar-refractivity contribution in [2.24, 2.45) is 0 Å². The summed E-state index contributed by atoms with van der Waals surface area (Å²) in [6, 6.07) is 45.2. The van der Waals surface area contributed by atoms with Gasteiger partial charge in [-0.1, -0.05) is 84.9 Å². The predicted molar refractivity (Wildman–Crippen MR) is 159 cm³/mol. The number of rotatable bonds is 3. The highest BCUT2D eigenvalue weighted by Crippen LogP contribution is 2.49. The molecule has 2 aromatic heterocycles. The van der Waals surface area contributed by atoms with Crippen molar-refractivity contribution in [3.05, 3.63) is 127 Å². The van der Waals surface area contributed by atoms with Crippen LogP contribution in [0.25, 0.3) is 52.9 Å². The van der Waals surface area contributed by atoms with Crippen LogP contribution in [-0.4, -0.2) is 0 Å². The lowest BCUT2D eigenvalue weighted by Crippen LogP contribution is -2.11. The van der Waals surface area contributed by atoms with E-state index in [4.69, 9.17) is 4.42 Å². The maximum Gasteiger partial charge on any atom is 0.160 e. The summed E-state index contributed by atoms with van der Waals surface area (Å²) in [5.74, 6) is 0. The van der Waals surface area contributed by atoms with Gasteiger partial charge in [0.25, 0.3) is 0 Å². The largest absolute Gasteiger partial charge is 0.454 e. The zero-order valence-electron chi connectivity index (χ0n) is 19.9. The first-order chi connectivity index (χ1) is 18.4. The fourth-order valence-corrected chi connectivity index (χ4v) is 6.76. The van der Waals surface area contributed by atoms with Crippen molar-refractivity contribution < 1.29 is 4.42 Å². The Morgan fingerprint density at radius 1 is 0.541 bits per heavy atom. The van der Waals surface area contributed by atoms with Crippen LogP contribution in [0.4, 0.5) is 17.1 Å². The lowest BCUT2D eigenvalue weighted by atomic mass is 10.0. The molecule has 0 aliphatic heterocycles. The zero-order valence-corrected chi connectivity index (χ0v) is 20.7. The molecule has 0 amide bonds. The van der Waals surface area contributed by atoms with Gasteiger partial charge in [-0.3, -0.25) is 0 Å². The van der Waals surface area contributed by atoms with Crippen molar-refractivity contribution in [2.45, 2.75) is 0 Å². The molecule has 2 nitrogen and oxygen atoms in total. The standard InChI is InChI=1S/C34H21NOS/c1-2-12-23(13-3-1)35(28-17-10-20-31-32(28)26-16-7-9-19-30(26)37-31)33-24-14-5-4-11-22(24)21-27-25-15-6-8-18-29(25)36-34(27)33/h1-21H. The molecule has 174 valence electrons. The first-order valence-electron chi connectivity index (χ1n) is 12.5. The molecular weight excluding hydrogens is 470 g/mol. The summed E-state index contributed by atoms with van der Waals surface area (Å²) in [5.41, 5.74) is 5.13. The quantitative estimate of drug-likeness (QED) is 0.244. The highest BCUT2D eigenvalue weighted by molar-refractivity contribution is 7.26. The molecule has 3 heteroatoms. The second-order valence-electron chi connectivity index (χ2n) is 9.34. The third-order valence-corrected chi connectivity index (χ3v) is 8.36. The second kappa shape index (κ2) is 7.95. The predicted octanol–water partition coefficient (Wildman–Crippen LogP) is 10.6. The molecule has 0 spiro atoms. The Labute approximate surface area is 217 Å². The van der Waals surface area contributed by atoms with Crippen LogP contribution < -0.4 is 4.90 Å². The molecular formula is C34H21NOS. The first-order valence-corrected chi connectivity index (χ1v) is 13.3. The van der Waals surface area contributed by atoms with E-state index in [0.29, 0.717) is 0 Å². The highest BCUT2D eigenvalue weighted by atomic mass is 32.1. The minimum Gasteiger partial charge on any atom is -0.454 e. The van der Waals surface area contributed by atoms with Crippen molar-refractivity contribution in [1.82, 2.24) is 0 Å². The molecule has 37 heavy (non-hydrogen) atoms. The SMILES string of the molecule is c1ccc(N(c2c3ccccc3cc3c2oc2ccccc23)c2cccc3sc4ccccc4c23)cc1. The maximum atomic E-state index is 6.66. The minimum atomic E-state index is 0.903. The summed E-state index contributed by atoms with van der Waals surface area (Å²) in [5, 5.41) is 7.17. The van der Waals surface area contributed by atoms with E-state index in [9.17, 15) is 0 Å². The topological polar surface area (TPSA) is 16.4 Å². The Morgan fingerprint density at radius 2 is 1.24 bits per heavy atom. The number of para-hydroxylation sites is 2. The van der Waals surface area contributed by atoms with Crippen molar-refractivity contribution in [3.63, 3.8) is 0 Å². The van der Waals surface area contributed by atoms with Crippen molar-refractivity contribution in [3.8, 4) is 0 Å². The van der Waals surface area contributed by atoms with Gasteiger partial charge in [-0.25, -0.2) is 0 Å². The summed E-state index contributed by atoms with van der Waals surface area (Å²) < 4.78 is 9.23. The van der Waals surface area contributed by atoms with E-state index in [1.807, 2.05) is 17.4 Å². The van der Waals surface area contributed by atoms with Crippen molar-refractivity contribution >= 4 is 81.3 Å². The van der Waals surface area contributed by atoms with Crippen LogP contribution >= 0.6 is 11.3 Å². The van der Waals surface area contributed by atoms with Crippen molar-refractivity contribution in [2.75, 3.05) is 4.90 Å². The summed E-state index contributed by atoms with van der Waals surface area (Å²) in [4.78, 5) is 2.40. The Morgan fingerprint density at radius 3 is 2.14 bits per heavy atom. The average Bonchev–Trinajstić information content (AvgIpc) is 3.52. The van der Waals surface area contributed by atoms with Gasteiger partial charge in [0.05, 0.1) is 11.4 Å². The molecule has 0 atom stereocenters. The fraction of sp³-hybridized carbons (Fsp3) is 0. The number of anilines is 3. The summed E-state index contributed by atoms with van der Waals surface area (Å²) in [6.07, 6.45) is 0. The van der Waals surface area contributed by atoms with Crippen LogP contribution in [0.2, 0.25) is 0 Å². The molecule has 0 saturated carbocycles. The van der Waals surface area contributed by atoms with Gasteiger partial charge in [-0.15, -0.1) is 11.3 Å². The van der Waals surface area contributed by atoms with Gasteiger partial charge in [0.1, 0.15) is 5.58 Å². The summed E-state index contributed by atoms with van der Waals surface area (Å²) in [6.45, 7) is 0. The van der Waals surface area contributed by atoms with Crippen LogP contribution in [0.15, 0.2) is 132 Å². The Balaban J connectivity index is 1.58. The number of furan rings is 1. The first kappa shape index (κ1) is 20.6. The fourth-order valence-electron chi connectivity index (χ4n) is 5.63. The van der Waals surface area contributed by atoms with E-state index in [0.717, 1.165) is 44.4 Å². The van der Waals surface area contributed by atoms with Gasteiger partial charge in [0, 0.05) is 42.0 Å². The molecule has 8 aromatic rings. The number of hydrogen-bond donors (Lipinski definition) is 0. The molecule has 0 unspecified atom stereocenters. The van der Waals surface area contributed by atoms with Gasteiger partial charge in [-0.05, 0) is 47.9 Å². The molecule has 0 aliphatic carbocycles. The third kappa shape index (κ3) is 3.05. The van der Waals surface area contributed by atoms with Crippen LogP contribution in [0.5, 0.6) is 0 Å². The maximum absolute atomic E-state index is 6.66. The molecule has 0 bridgehead atoms. The van der Waals surface area contributed by atoms with E-state index >= 15 is 0 Å². The van der Waals surface area contributed by atoms with Gasteiger partial charge in [0.15, 0.2) is 5.58 Å². The molecule has 0 fully saturated rings. The van der Waals surface area contributed by atoms with Crippen molar-refractivity contribution in [1.29, 1.82) is 0 Å². The van der Waals surface area contributed by atoms with E-state index in [-0.39, 0.29) is 0 Å². The molecule has 0 aliphatic rings. The smallest absolute Gasteiger partial charge is 0.160 e. The lowest BCUT2D eigenvalue weighted by Gasteiger charge is -2.28. The zero-order chi connectivity index (χ0) is 24.3. The minimum absolute atomic E-state index is 0.903. The van der Waals surface area contributed by atoms with E-state index < -0.39 is 0 Å². The Kier molecular flexibility index (Phi) is 4.42. The van der Waals surface area contributed by atoms with E-state index in [2.05, 4.69) is 126 Å². The molecule has 0 N–H and O–H groups in total. The highest BCUT2D eigenvalue weighted by Gasteiger charge is 2.24. The van der Waals surface area contributed by atoms with Gasteiger partial charge < -0.3 is 9.32 Å². The number of nitrogens with zero attached hydrogens (tertiary/aromatic N) is 1. The molecule has 6 aromatic carbocycles.